The third-order valence-electron chi connectivity index (χ3n) is 2.14. The van der Waals surface area contributed by atoms with Crippen LogP contribution >= 0.6 is 11.6 Å². The fourth-order valence-corrected chi connectivity index (χ4v) is 1.54. The lowest BCUT2D eigenvalue weighted by Gasteiger charge is -2.17. The Hall–Kier alpha value is -1.42. The minimum atomic E-state index is -0.401. The number of methoxy groups -OCH3 is 2. The van der Waals surface area contributed by atoms with Gasteiger partial charge in [0.15, 0.2) is 0 Å². The summed E-state index contributed by atoms with van der Waals surface area (Å²) in [6.07, 6.45) is -0.401. The number of halogens is 1. The van der Waals surface area contributed by atoms with Gasteiger partial charge in [-0.15, -0.1) is 0 Å². The Labute approximate surface area is 99.7 Å². The second-order valence-electron chi connectivity index (χ2n) is 3.28. The summed E-state index contributed by atoms with van der Waals surface area (Å²) in [6, 6.07) is 5.27. The van der Waals surface area contributed by atoms with E-state index in [9.17, 15) is 4.79 Å². The number of ether oxygens (including phenoxy) is 2. The number of carbonyl (C=O) groups excluding carboxylic acids is 1. The molecule has 16 heavy (non-hydrogen) atoms. The van der Waals surface area contributed by atoms with Crippen molar-refractivity contribution in [3.63, 3.8) is 0 Å². The summed E-state index contributed by atoms with van der Waals surface area (Å²) in [5.74, 6) is 0.695. The van der Waals surface area contributed by atoms with Crippen molar-refractivity contribution < 1.29 is 14.3 Å². The summed E-state index contributed by atoms with van der Waals surface area (Å²) < 4.78 is 9.78. The first-order valence-corrected chi connectivity index (χ1v) is 5.07. The standard InChI is InChI=1S/C11H14ClNO3/c1-13(11(14)16-3)7-8-6-9(12)4-5-10(8)15-2/h4-6H,7H2,1-3H3. The third-order valence-corrected chi connectivity index (χ3v) is 2.37. The van der Waals surface area contributed by atoms with Gasteiger partial charge in [0, 0.05) is 17.6 Å². The second-order valence-corrected chi connectivity index (χ2v) is 3.72. The maximum absolute atomic E-state index is 11.2. The molecule has 0 radical (unpaired) electrons. The molecule has 0 aliphatic heterocycles. The van der Waals surface area contributed by atoms with Crippen LogP contribution in [0.4, 0.5) is 4.79 Å². The number of hydrogen-bond donors (Lipinski definition) is 0. The highest BCUT2D eigenvalue weighted by Gasteiger charge is 2.12. The van der Waals surface area contributed by atoms with Crippen LogP contribution < -0.4 is 4.74 Å². The van der Waals surface area contributed by atoms with Gasteiger partial charge in [-0.1, -0.05) is 11.6 Å². The van der Waals surface area contributed by atoms with Crippen LogP contribution in [0.1, 0.15) is 5.56 Å². The van der Waals surface area contributed by atoms with E-state index in [0.29, 0.717) is 17.3 Å². The van der Waals surface area contributed by atoms with Gasteiger partial charge < -0.3 is 14.4 Å². The van der Waals surface area contributed by atoms with Gasteiger partial charge in [0.25, 0.3) is 0 Å². The van der Waals surface area contributed by atoms with Crippen LogP contribution in [0.15, 0.2) is 18.2 Å². The van der Waals surface area contributed by atoms with Crippen LogP contribution in [0.5, 0.6) is 5.75 Å². The van der Waals surface area contributed by atoms with Gasteiger partial charge in [-0.3, -0.25) is 0 Å². The van der Waals surface area contributed by atoms with E-state index in [1.807, 2.05) is 0 Å². The maximum Gasteiger partial charge on any atom is 0.409 e. The van der Waals surface area contributed by atoms with Gasteiger partial charge in [-0.05, 0) is 18.2 Å². The molecule has 1 aromatic carbocycles. The molecule has 0 heterocycles. The van der Waals surface area contributed by atoms with E-state index in [1.54, 1.807) is 32.4 Å². The predicted molar refractivity (Wildman–Crippen MR) is 61.9 cm³/mol. The Morgan fingerprint density at radius 1 is 1.44 bits per heavy atom. The zero-order valence-corrected chi connectivity index (χ0v) is 10.2. The average molecular weight is 244 g/mol. The molecular formula is C11H14ClNO3. The number of benzene rings is 1. The molecular weight excluding hydrogens is 230 g/mol. The van der Waals surface area contributed by atoms with E-state index >= 15 is 0 Å². The molecule has 0 fully saturated rings. The molecule has 5 heteroatoms. The fourth-order valence-electron chi connectivity index (χ4n) is 1.35. The van der Waals surface area contributed by atoms with Crippen LogP contribution in [0.2, 0.25) is 5.02 Å². The highest BCUT2D eigenvalue weighted by atomic mass is 35.5. The lowest BCUT2D eigenvalue weighted by Crippen LogP contribution is -2.26. The zero-order valence-electron chi connectivity index (χ0n) is 9.49. The number of amides is 1. The molecule has 1 aromatic rings. The van der Waals surface area contributed by atoms with E-state index in [0.717, 1.165) is 5.56 Å². The Balaban J connectivity index is 2.86. The summed E-state index contributed by atoms with van der Waals surface area (Å²) in [7, 11) is 4.56. The number of nitrogens with zero attached hydrogens (tertiary/aromatic N) is 1. The lowest BCUT2D eigenvalue weighted by atomic mass is 10.2. The SMILES string of the molecule is COC(=O)N(C)Cc1cc(Cl)ccc1OC. The molecule has 0 spiro atoms. The first-order chi connectivity index (χ1) is 7.58. The summed E-state index contributed by atoms with van der Waals surface area (Å²) in [4.78, 5) is 12.7. The highest BCUT2D eigenvalue weighted by molar-refractivity contribution is 6.30. The molecule has 0 atom stereocenters. The van der Waals surface area contributed by atoms with Crippen LogP contribution in [0.3, 0.4) is 0 Å². The molecule has 0 aromatic heterocycles. The van der Waals surface area contributed by atoms with Gasteiger partial charge in [0.1, 0.15) is 5.75 Å². The van der Waals surface area contributed by atoms with E-state index < -0.39 is 6.09 Å². The number of rotatable bonds is 3. The molecule has 1 rings (SSSR count). The topological polar surface area (TPSA) is 38.8 Å². The molecule has 0 aliphatic rings. The average Bonchev–Trinajstić information content (AvgIpc) is 2.28. The van der Waals surface area contributed by atoms with E-state index in [4.69, 9.17) is 16.3 Å². The van der Waals surface area contributed by atoms with Crippen molar-refractivity contribution in [2.45, 2.75) is 6.54 Å². The van der Waals surface area contributed by atoms with Crippen LogP contribution in [-0.4, -0.2) is 32.3 Å². The van der Waals surface area contributed by atoms with Crippen LogP contribution in [-0.2, 0) is 11.3 Å². The molecule has 0 bridgehead atoms. The van der Waals surface area contributed by atoms with Gasteiger partial charge >= 0.3 is 6.09 Å². The molecule has 88 valence electrons. The van der Waals surface area contributed by atoms with Gasteiger partial charge in [0.2, 0.25) is 0 Å². The smallest absolute Gasteiger partial charge is 0.409 e. The Kier molecular flexibility index (Phi) is 4.43. The van der Waals surface area contributed by atoms with Crippen molar-refractivity contribution in [1.29, 1.82) is 0 Å². The van der Waals surface area contributed by atoms with Gasteiger partial charge in [-0.25, -0.2) is 4.79 Å². The van der Waals surface area contributed by atoms with Crippen LogP contribution in [0.25, 0.3) is 0 Å². The number of hydrogen-bond acceptors (Lipinski definition) is 3. The Morgan fingerprint density at radius 2 is 2.12 bits per heavy atom. The van der Waals surface area contributed by atoms with E-state index in [-0.39, 0.29) is 0 Å². The maximum atomic E-state index is 11.2. The summed E-state index contributed by atoms with van der Waals surface area (Å²) in [5, 5.41) is 0.606. The highest BCUT2D eigenvalue weighted by Crippen LogP contribution is 2.23. The van der Waals surface area contributed by atoms with E-state index in [2.05, 4.69) is 4.74 Å². The normalized spacial score (nSPS) is 9.75. The third kappa shape index (κ3) is 3.03. The van der Waals surface area contributed by atoms with Crippen molar-refractivity contribution in [3.8, 4) is 5.75 Å². The molecule has 0 saturated heterocycles. The minimum Gasteiger partial charge on any atom is -0.496 e. The van der Waals surface area contributed by atoms with Gasteiger partial charge in [0.05, 0.1) is 20.8 Å². The van der Waals surface area contributed by atoms with Gasteiger partial charge in [-0.2, -0.15) is 0 Å². The monoisotopic (exact) mass is 243 g/mol. The lowest BCUT2D eigenvalue weighted by molar-refractivity contribution is 0.131. The molecule has 0 N–H and O–H groups in total. The summed E-state index contributed by atoms with van der Waals surface area (Å²) >= 11 is 5.88. The van der Waals surface area contributed by atoms with E-state index in [1.165, 1.54) is 12.0 Å². The second kappa shape index (κ2) is 5.61. The fraction of sp³-hybridized carbons (Fsp3) is 0.364. The van der Waals surface area contributed by atoms with Crippen molar-refractivity contribution >= 4 is 17.7 Å². The molecule has 0 aliphatic carbocycles. The summed E-state index contributed by atoms with van der Waals surface area (Å²) in [6.45, 7) is 0.385. The predicted octanol–water partition coefficient (Wildman–Crippen LogP) is 2.55. The van der Waals surface area contributed by atoms with Crippen LogP contribution in [0, 0.1) is 0 Å². The van der Waals surface area contributed by atoms with Crippen molar-refractivity contribution in [3.05, 3.63) is 28.8 Å². The minimum absolute atomic E-state index is 0.385. The molecule has 0 unspecified atom stereocenters. The Bertz CT molecular complexity index is 381. The largest absolute Gasteiger partial charge is 0.496 e. The number of carbonyl (C=O) groups is 1. The Morgan fingerprint density at radius 3 is 2.69 bits per heavy atom. The van der Waals surface area contributed by atoms with Crippen molar-refractivity contribution in [2.24, 2.45) is 0 Å². The van der Waals surface area contributed by atoms with Crippen molar-refractivity contribution in [2.75, 3.05) is 21.3 Å². The quantitative estimate of drug-likeness (QED) is 0.819. The first kappa shape index (κ1) is 12.6. The molecule has 1 amide bonds. The molecule has 4 nitrogen and oxygen atoms in total. The molecule has 0 saturated carbocycles. The van der Waals surface area contributed by atoms with Crippen molar-refractivity contribution in [1.82, 2.24) is 4.90 Å². The zero-order chi connectivity index (χ0) is 12.1. The first-order valence-electron chi connectivity index (χ1n) is 4.70. The summed E-state index contributed by atoms with van der Waals surface area (Å²) in [5.41, 5.74) is 0.836.